The number of pyridine rings is 1. The first-order chi connectivity index (χ1) is 6.16. The van der Waals surface area contributed by atoms with Gasteiger partial charge in [0, 0.05) is 11.6 Å². The molecule has 0 N–H and O–H groups in total. The van der Waals surface area contributed by atoms with Gasteiger partial charge < -0.3 is 0 Å². The van der Waals surface area contributed by atoms with E-state index in [1.807, 2.05) is 0 Å². The molecular weight excluding hydrogens is 301 g/mol. The third-order valence-electron chi connectivity index (χ3n) is 1.73. The molecule has 0 unspecified atom stereocenters. The molecule has 1 aromatic heterocycles. The number of benzene rings is 1. The third-order valence-corrected chi connectivity index (χ3v) is 2.77. The average molecular weight is 305 g/mol. The molecule has 0 bridgehead atoms. The van der Waals surface area contributed by atoms with Crippen molar-refractivity contribution in [1.82, 2.24) is 4.98 Å². The van der Waals surface area contributed by atoms with E-state index in [1.165, 1.54) is 6.07 Å². The minimum Gasteiger partial charge on any atom is -0.249 e. The van der Waals surface area contributed by atoms with Crippen LogP contribution < -0.4 is 0 Å². The summed E-state index contributed by atoms with van der Waals surface area (Å²) in [6.07, 6.45) is 1.70. The topological polar surface area (TPSA) is 12.9 Å². The van der Waals surface area contributed by atoms with Crippen LogP contribution in [0.5, 0.6) is 0 Å². The lowest BCUT2D eigenvalue weighted by Gasteiger charge is -1.99. The van der Waals surface area contributed by atoms with Crippen molar-refractivity contribution in [3.8, 4) is 0 Å². The molecule has 1 heterocycles. The molecule has 4 heteroatoms. The number of rotatable bonds is 0. The molecule has 0 saturated carbocycles. The first-order valence-electron chi connectivity index (χ1n) is 3.57. The number of aromatic nitrogens is 1. The fourth-order valence-corrected chi connectivity index (χ4v) is 1.82. The molecule has 0 spiro atoms. The number of halogens is 3. The Morgan fingerprint density at radius 1 is 1.08 bits per heavy atom. The zero-order valence-corrected chi connectivity index (χ0v) is 9.56. The molecule has 66 valence electrons. The third kappa shape index (κ3) is 1.74. The normalized spacial score (nSPS) is 10.7. The Morgan fingerprint density at radius 2 is 1.85 bits per heavy atom. The molecular formula is C9H4Br2FN. The molecule has 0 aliphatic heterocycles. The fraction of sp³-hybridized carbons (Fsp3) is 0. The standard InChI is InChI=1S/C9H4Br2FN/c10-7-1-6-4-13-9(11)3-5(6)2-8(7)12/h1-4H. The SMILES string of the molecule is Fc1cc2cc(Br)ncc2cc1Br. The molecule has 0 amide bonds. The first kappa shape index (κ1) is 9.09. The lowest BCUT2D eigenvalue weighted by atomic mass is 10.2. The van der Waals surface area contributed by atoms with Crippen molar-refractivity contribution in [3.63, 3.8) is 0 Å². The molecule has 2 rings (SSSR count). The maximum atomic E-state index is 13.1. The van der Waals surface area contributed by atoms with E-state index in [4.69, 9.17) is 0 Å². The molecule has 1 aromatic carbocycles. The van der Waals surface area contributed by atoms with Crippen LogP contribution in [-0.2, 0) is 0 Å². The van der Waals surface area contributed by atoms with E-state index < -0.39 is 0 Å². The summed E-state index contributed by atoms with van der Waals surface area (Å²) in [5.74, 6) is -0.259. The predicted octanol–water partition coefficient (Wildman–Crippen LogP) is 3.90. The summed E-state index contributed by atoms with van der Waals surface area (Å²) in [4.78, 5) is 4.05. The molecule has 0 aliphatic carbocycles. The van der Waals surface area contributed by atoms with Crippen molar-refractivity contribution in [3.05, 3.63) is 39.3 Å². The molecule has 0 radical (unpaired) electrons. The van der Waals surface area contributed by atoms with Gasteiger partial charge in [0.05, 0.1) is 4.47 Å². The van der Waals surface area contributed by atoms with Crippen LogP contribution in [-0.4, -0.2) is 4.98 Å². The average Bonchev–Trinajstić information content (AvgIpc) is 2.08. The van der Waals surface area contributed by atoms with Gasteiger partial charge in [-0.3, -0.25) is 0 Å². The van der Waals surface area contributed by atoms with Gasteiger partial charge in [0.15, 0.2) is 0 Å². The van der Waals surface area contributed by atoms with Crippen molar-refractivity contribution in [1.29, 1.82) is 0 Å². The van der Waals surface area contributed by atoms with Gasteiger partial charge in [0.1, 0.15) is 10.4 Å². The van der Waals surface area contributed by atoms with Gasteiger partial charge in [0.25, 0.3) is 0 Å². The number of hydrogen-bond acceptors (Lipinski definition) is 1. The Kier molecular flexibility index (Phi) is 2.34. The summed E-state index contributed by atoms with van der Waals surface area (Å²) in [5.41, 5.74) is 0. The minimum absolute atomic E-state index is 0.259. The predicted molar refractivity (Wildman–Crippen MR) is 57.1 cm³/mol. The Hall–Kier alpha value is -0.480. The summed E-state index contributed by atoms with van der Waals surface area (Å²) in [7, 11) is 0. The summed E-state index contributed by atoms with van der Waals surface area (Å²) in [5, 5.41) is 1.75. The molecule has 0 aliphatic rings. The van der Waals surface area contributed by atoms with E-state index >= 15 is 0 Å². The molecule has 1 nitrogen and oxygen atoms in total. The monoisotopic (exact) mass is 303 g/mol. The largest absolute Gasteiger partial charge is 0.249 e. The van der Waals surface area contributed by atoms with Crippen LogP contribution in [0.4, 0.5) is 4.39 Å². The Morgan fingerprint density at radius 3 is 2.62 bits per heavy atom. The molecule has 0 fully saturated rings. The zero-order valence-electron chi connectivity index (χ0n) is 6.39. The highest BCUT2D eigenvalue weighted by Gasteiger charge is 2.02. The second-order valence-electron chi connectivity index (χ2n) is 2.62. The van der Waals surface area contributed by atoms with Crippen LogP contribution in [0, 0.1) is 5.82 Å². The highest BCUT2D eigenvalue weighted by atomic mass is 79.9. The van der Waals surface area contributed by atoms with Gasteiger partial charge >= 0.3 is 0 Å². The van der Waals surface area contributed by atoms with Gasteiger partial charge in [-0.1, -0.05) is 0 Å². The van der Waals surface area contributed by atoms with E-state index in [-0.39, 0.29) is 5.82 Å². The number of nitrogens with zero attached hydrogens (tertiary/aromatic N) is 1. The molecule has 0 saturated heterocycles. The van der Waals surface area contributed by atoms with E-state index in [2.05, 4.69) is 36.8 Å². The number of fused-ring (bicyclic) bond motifs is 1. The van der Waals surface area contributed by atoms with E-state index in [0.29, 0.717) is 9.08 Å². The van der Waals surface area contributed by atoms with Crippen molar-refractivity contribution in [2.24, 2.45) is 0 Å². The quantitative estimate of drug-likeness (QED) is 0.673. The number of hydrogen-bond donors (Lipinski definition) is 0. The lowest BCUT2D eigenvalue weighted by molar-refractivity contribution is 0.623. The molecule has 13 heavy (non-hydrogen) atoms. The van der Waals surface area contributed by atoms with Gasteiger partial charge in [0.2, 0.25) is 0 Å². The van der Waals surface area contributed by atoms with E-state index in [1.54, 1.807) is 18.3 Å². The van der Waals surface area contributed by atoms with Crippen LogP contribution >= 0.6 is 31.9 Å². The lowest BCUT2D eigenvalue weighted by Crippen LogP contribution is -1.81. The second kappa shape index (κ2) is 3.35. The van der Waals surface area contributed by atoms with Crippen molar-refractivity contribution in [2.45, 2.75) is 0 Å². The summed E-state index contributed by atoms with van der Waals surface area (Å²) >= 11 is 6.35. The van der Waals surface area contributed by atoms with Crippen LogP contribution in [0.3, 0.4) is 0 Å². The highest BCUT2D eigenvalue weighted by molar-refractivity contribution is 9.10. The maximum Gasteiger partial charge on any atom is 0.138 e. The van der Waals surface area contributed by atoms with E-state index in [0.717, 1.165) is 10.8 Å². The first-order valence-corrected chi connectivity index (χ1v) is 5.16. The Balaban J connectivity index is 2.81. The van der Waals surface area contributed by atoms with Crippen molar-refractivity contribution in [2.75, 3.05) is 0 Å². The maximum absolute atomic E-state index is 13.1. The minimum atomic E-state index is -0.259. The Bertz CT molecular complexity index is 470. The zero-order chi connectivity index (χ0) is 9.42. The smallest absolute Gasteiger partial charge is 0.138 e. The highest BCUT2D eigenvalue weighted by Crippen LogP contribution is 2.24. The van der Waals surface area contributed by atoms with Crippen LogP contribution in [0.15, 0.2) is 33.5 Å². The Labute approximate surface area is 91.2 Å². The fourth-order valence-electron chi connectivity index (χ4n) is 1.11. The summed E-state index contributed by atoms with van der Waals surface area (Å²) in [6, 6.07) is 4.97. The van der Waals surface area contributed by atoms with Gasteiger partial charge in [-0.05, 0) is 55.4 Å². The van der Waals surface area contributed by atoms with Crippen molar-refractivity contribution < 1.29 is 4.39 Å². The van der Waals surface area contributed by atoms with Gasteiger partial charge in [-0.15, -0.1) is 0 Å². The molecule has 2 aromatic rings. The molecule has 0 atom stereocenters. The van der Waals surface area contributed by atoms with Crippen LogP contribution in [0.25, 0.3) is 10.8 Å². The summed E-state index contributed by atoms with van der Waals surface area (Å²) < 4.78 is 14.3. The van der Waals surface area contributed by atoms with E-state index in [9.17, 15) is 4.39 Å². The second-order valence-corrected chi connectivity index (χ2v) is 4.29. The van der Waals surface area contributed by atoms with Gasteiger partial charge in [-0.25, -0.2) is 9.37 Å². The van der Waals surface area contributed by atoms with Crippen molar-refractivity contribution >= 4 is 42.6 Å². The summed E-state index contributed by atoms with van der Waals surface area (Å²) in [6.45, 7) is 0. The van der Waals surface area contributed by atoms with Gasteiger partial charge in [-0.2, -0.15) is 0 Å². The van der Waals surface area contributed by atoms with Crippen LogP contribution in [0.2, 0.25) is 0 Å². The van der Waals surface area contributed by atoms with Crippen LogP contribution in [0.1, 0.15) is 0 Å².